The lowest BCUT2D eigenvalue weighted by Crippen LogP contribution is -2.41. The molecule has 1 atom stereocenters. The summed E-state index contributed by atoms with van der Waals surface area (Å²) >= 11 is 1.59. The third kappa shape index (κ3) is 4.23. The average Bonchev–Trinajstić information content (AvgIpc) is 3.24. The smallest absolute Gasteiger partial charge is 0.227 e. The van der Waals surface area contributed by atoms with E-state index in [1.165, 1.54) is 0 Å². The molecule has 2 aromatic heterocycles. The molecule has 1 unspecified atom stereocenters. The number of thiophene rings is 1. The predicted octanol–water partition coefficient (Wildman–Crippen LogP) is 3.18. The highest BCUT2D eigenvalue weighted by atomic mass is 32.2. The van der Waals surface area contributed by atoms with Crippen LogP contribution < -0.4 is 0 Å². The Bertz CT molecular complexity index is 740. The maximum absolute atomic E-state index is 12.4. The summed E-state index contributed by atoms with van der Waals surface area (Å²) in [5.74, 6) is 1.69. The fourth-order valence-corrected chi connectivity index (χ4v) is 5.39. The lowest BCUT2D eigenvalue weighted by atomic mass is 9.96. The van der Waals surface area contributed by atoms with Crippen molar-refractivity contribution in [2.24, 2.45) is 5.92 Å². The first-order valence-electron chi connectivity index (χ1n) is 8.41. The summed E-state index contributed by atoms with van der Waals surface area (Å²) in [6.07, 6.45) is 4.13. The topological polar surface area (TPSA) is 76.3 Å². The van der Waals surface area contributed by atoms with Gasteiger partial charge in [-0.15, -0.1) is 0 Å². The van der Waals surface area contributed by atoms with Gasteiger partial charge in [0.1, 0.15) is 0 Å². The summed E-state index contributed by atoms with van der Waals surface area (Å²) < 4.78 is 31.8. The van der Waals surface area contributed by atoms with E-state index in [9.17, 15) is 8.42 Å². The van der Waals surface area contributed by atoms with Crippen molar-refractivity contribution in [3.63, 3.8) is 0 Å². The van der Waals surface area contributed by atoms with Gasteiger partial charge >= 0.3 is 0 Å². The van der Waals surface area contributed by atoms with Crippen molar-refractivity contribution in [2.75, 3.05) is 18.8 Å². The number of rotatable bonds is 7. The van der Waals surface area contributed by atoms with Gasteiger partial charge in [-0.05, 0) is 36.6 Å². The van der Waals surface area contributed by atoms with E-state index in [4.69, 9.17) is 4.52 Å². The Balaban J connectivity index is 1.61. The molecule has 1 saturated heterocycles. The molecule has 0 radical (unpaired) electrons. The number of sulfonamides is 1. The van der Waals surface area contributed by atoms with Crippen LogP contribution in [-0.2, 0) is 16.4 Å². The third-order valence-corrected chi connectivity index (χ3v) is 6.95. The molecule has 24 heavy (non-hydrogen) atoms. The van der Waals surface area contributed by atoms with Crippen LogP contribution in [0.15, 0.2) is 21.3 Å². The molecule has 0 aromatic carbocycles. The van der Waals surface area contributed by atoms with Crippen molar-refractivity contribution in [3.8, 4) is 11.4 Å². The van der Waals surface area contributed by atoms with Crippen LogP contribution in [0.1, 0.15) is 38.5 Å². The van der Waals surface area contributed by atoms with Crippen LogP contribution in [-0.4, -0.2) is 41.7 Å². The highest BCUT2D eigenvalue weighted by Crippen LogP contribution is 2.24. The zero-order chi connectivity index (χ0) is 17.0. The first kappa shape index (κ1) is 17.6. The largest absolute Gasteiger partial charge is 0.339 e. The Hall–Kier alpha value is -1.25. The van der Waals surface area contributed by atoms with Crippen molar-refractivity contribution >= 4 is 21.4 Å². The van der Waals surface area contributed by atoms with E-state index >= 15 is 0 Å². The maximum Gasteiger partial charge on any atom is 0.227 e. The van der Waals surface area contributed by atoms with E-state index in [2.05, 4.69) is 10.1 Å². The Morgan fingerprint density at radius 3 is 3.08 bits per heavy atom. The van der Waals surface area contributed by atoms with Crippen LogP contribution in [0.25, 0.3) is 11.4 Å². The average molecular weight is 370 g/mol. The fourth-order valence-electron chi connectivity index (χ4n) is 3.00. The van der Waals surface area contributed by atoms with Gasteiger partial charge in [0, 0.05) is 30.5 Å². The maximum atomic E-state index is 12.4. The van der Waals surface area contributed by atoms with Crippen LogP contribution in [0, 0.1) is 5.92 Å². The molecular formula is C16H23N3O3S2. The van der Waals surface area contributed by atoms with Crippen molar-refractivity contribution in [1.82, 2.24) is 14.4 Å². The number of nitrogens with zero attached hydrogens (tertiary/aromatic N) is 3. The highest BCUT2D eigenvalue weighted by Gasteiger charge is 2.29. The molecule has 3 heterocycles. The van der Waals surface area contributed by atoms with E-state index < -0.39 is 10.0 Å². The Morgan fingerprint density at radius 2 is 2.33 bits per heavy atom. The zero-order valence-electron chi connectivity index (χ0n) is 13.8. The van der Waals surface area contributed by atoms with Crippen LogP contribution in [0.5, 0.6) is 0 Å². The van der Waals surface area contributed by atoms with Crippen molar-refractivity contribution < 1.29 is 12.9 Å². The summed E-state index contributed by atoms with van der Waals surface area (Å²) in [6.45, 7) is 3.20. The van der Waals surface area contributed by atoms with E-state index in [0.29, 0.717) is 31.2 Å². The molecule has 0 aliphatic carbocycles. The van der Waals surface area contributed by atoms with E-state index in [1.807, 2.05) is 23.8 Å². The summed E-state index contributed by atoms with van der Waals surface area (Å²) in [4.78, 5) is 4.44. The molecule has 0 saturated carbocycles. The molecule has 1 fully saturated rings. The zero-order valence-corrected chi connectivity index (χ0v) is 15.5. The van der Waals surface area contributed by atoms with Crippen LogP contribution >= 0.6 is 11.3 Å². The van der Waals surface area contributed by atoms with Crippen molar-refractivity contribution in [1.29, 1.82) is 0 Å². The number of unbranched alkanes of at least 4 members (excludes halogenated alkanes) is 1. The normalized spacial score (nSPS) is 19.6. The predicted molar refractivity (Wildman–Crippen MR) is 94.3 cm³/mol. The standard InChI is InChI=1S/C16H23N3O3S2/c1-2-3-9-24(20,21)19-7-4-5-13(11-19)10-15-17-16(18-22-15)14-6-8-23-12-14/h6,8,12-13H,2-5,7,9-11H2,1H3. The minimum atomic E-state index is -3.13. The number of hydrogen-bond donors (Lipinski definition) is 0. The van der Waals surface area contributed by atoms with Crippen molar-refractivity contribution in [2.45, 2.75) is 39.0 Å². The molecule has 0 bridgehead atoms. The SMILES string of the molecule is CCCCS(=O)(=O)N1CCCC(Cc2nc(-c3ccsc3)no2)C1. The van der Waals surface area contributed by atoms with Gasteiger partial charge in [0.05, 0.1) is 5.75 Å². The molecule has 2 aromatic rings. The summed E-state index contributed by atoms with van der Waals surface area (Å²) in [7, 11) is -3.13. The quantitative estimate of drug-likeness (QED) is 0.749. The minimum absolute atomic E-state index is 0.242. The second kappa shape index (κ2) is 7.76. The van der Waals surface area contributed by atoms with Crippen molar-refractivity contribution in [3.05, 3.63) is 22.7 Å². The van der Waals surface area contributed by atoms with Gasteiger partial charge in [-0.3, -0.25) is 0 Å². The second-order valence-corrected chi connectivity index (χ2v) is 9.13. The number of aromatic nitrogens is 2. The molecule has 1 aliphatic rings. The Labute approximate surface area is 146 Å². The number of hydrogen-bond acceptors (Lipinski definition) is 6. The molecule has 3 rings (SSSR count). The van der Waals surface area contributed by atoms with Gasteiger partial charge in [-0.25, -0.2) is 12.7 Å². The van der Waals surface area contributed by atoms with Crippen LogP contribution in [0.2, 0.25) is 0 Å². The monoisotopic (exact) mass is 369 g/mol. The second-order valence-electron chi connectivity index (χ2n) is 6.26. The van der Waals surface area contributed by atoms with E-state index in [1.54, 1.807) is 15.6 Å². The van der Waals surface area contributed by atoms with Crippen LogP contribution in [0.4, 0.5) is 0 Å². The van der Waals surface area contributed by atoms with Gasteiger partial charge in [0.25, 0.3) is 0 Å². The third-order valence-electron chi connectivity index (χ3n) is 4.34. The molecule has 1 aliphatic heterocycles. The van der Waals surface area contributed by atoms with Gasteiger partial charge in [-0.2, -0.15) is 16.3 Å². The summed E-state index contributed by atoms with van der Waals surface area (Å²) in [5, 5.41) is 7.98. The van der Waals surface area contributed by atoms with E-state index in [0.717, 1.165) is 31.2 Å². The lowest BCUT2D eigenvalue weighted by Gasteiger charge is -2.31. The first-order chi connectivity index (χ1) is 11.6. The molecule has 0 amide bonds. The molecular weight excluding hydrogens is 346 g/mol. The highest BCUT2D eigenvalue weighted by molar-refractivity contribution is 7.89. The first-order valence-corrected chi connectivity index (χ1v) is 11.0. The number of piperidine rings is 1. The van der Waals surface area contributed by atoms with Gasteiger partial charge in [0.15, 0.2) is 0 Å². The summed E-state index contributed by atoms with van der Waals surface area (Å²) in [6, 6.07) is 1.96. The molecule has 0 spiro atoms. The van der Waals surface area contributed by atoms with Gasteiger partial charge in [0.2, 0.25) is 21.7 Å². The minimum Gasteiger partial charge on any atom is -0.339 e. The molecule has 132 valence electrons. The van der Waals surface area contributed by atoms with E-state index in [-0.39, 0.29) is 11.7 Å². The molecule has 8 heteroatoms. The molecule has 6 nitrogen and oxygen atoms in total. The lowest BCUT2D eigenvalue weighted by molar-refractivity contribution is 0.247. The molecule has 0 N–H and O–H groups in total. The Morgan fingerprint density at radius 1 is 1.46 bits per heavy atom. The van der Waals surface area contributed by atoms with Gasteiger partial charge < -0.3 is 4.52 Å². The van der Waals surface area contributed by atoms with Gasteiger partial charge in [-0.1, -0.05) is 18.5 Å². The fraction of sp³-hybridized carbons (Fsp3) is 0.625. The summed E-state index contributed by atoms with van der Waals surface area (Å²) in [5.41, 5.74) is 0.961. The van der Waals surface area contributed by atoms with Crippen LogP contribution in [0.3, 0.4) is 0 Å². The Kier molecular flexibility index (Phi) is 5.68.